The molecule has 0 saturated carbocycles. The third-order valence-electron chi connectivity index (χ3n) is 3.45. The number of nitrogens with one attached hydrogen (secondary N) is 1. The first-order chi connectivity index (χ1) is 9.97. The van der Waals surface area contributed by atoms with Crippen molar-refractivity contribution in [3.05, 3.63) is 23.8 Å². The lowest BCUT2D eigenvalue weighted by atomic mass is 10.0. The Balaban J connectivity index is 2.44. The van der Waals surface area contributed by atoms with Gasteiger partial charge < -0.3 is 15.2 Å². The topological polar surface area (TPSA) is 78.9 Å². The van der Waals surface area contributed by atoms with Crippen LogP contribution < -0.4 is 15.0 Å². The fourth-order valence-electron chi connectivity index (χ4n) is 2.24. The van der Waals surface area contributed by atoms with Crippen LogP contribution in [0.3, 0.4) is 0 Å². The Bertz CT molecular complexity index is 557. The van der Waals surface area contributed by atoms with Crippen molar-refractivity contribution < 1.29 is 19.4 Å². The minimum absolute atomic E-state index is 0.00430. The van der Waals surface area contributed by atoms with E-state index in [4.69, 9.17) is 4.74 Å². The summed E-state index contributed by atoms with van der Waals surface area (Å²) in [6, 6.07) is 5.14. The number of ether oxygens (including phenoxy) is 1. The number of aliphatic hydroxyl groups is 1. The normalized spacial score (nSPS) is 17.5. The van der Waals surface area contributed by atoms with Gasteiger partial charge in [0.25, 0.3) is 5.91 Å². The van der Waals surface area contributed by atoms with Gasteiger partial charge >= 0.3 is 0 Å². The van der Waals surface area contributed by atoms with E-state index in [1.165, 1.54) is 11.9 Å². The van der Waals surface area contributed by atoms with Gasteiger partial charge in [-0.05, 0) is 23.6 Å². The van der Waals surface area contributed by atoms with Gasteiger partial charge in [-0.1, -0.05) is 19.9 Å². The van der Waals surface area contributed by atoms with Crippen molar-refractivity contribution in [1.82, 2.24) is 5.32 Å². The standard InChI is InChI=1S/C15H20N2O4/c1-9(2)14-15(20)17(7-13(19)16-3)11-6-10(8-18)4-5-12(11)21-14/h4-6,9,14,18H,7-8H2,1-3H3,(H,16,19). The molecule has 1 aliphatic rings. The lowest BCUT2D eigenvalue weighted by Crippen LogP contribution is -2.51. The van der Waals surface area contributed by atoms with Crippen LogP contribution in [0.25, 0.3) is 0 Å². The van der Waals surface area contributed by atoms with Crippen LogP contribution in [0, 0.1) is 5.92 Å². The van der Waals surface area contributed by atoms with Crippen molar-refractivity contribution in [3.63, 3.8) is 0 Å². The molecule has 21 heavy (non-hydrogen) atoms. The molecule has 2 amide bonds. The fourth-order valence-corrected chi connectivity index (χ4v) is 2.24. The average Bonchev–Trinajstić information content (AvgIpc) is 2.48. The number of fused-ring (bicyclic) bond motifs is 1. The van der Waals surface area contributed by atoms with Crippen molar-refractivity contribution >= 4 is 17.5 Å². The maximum Gasteiger partial charge on any atom is 0.268 e. The summed E-state index contributed by atoms with van der Waals surface area (Å²) in [6.45, 7) is 3.59. The van der Waals surface area contributed by atoms with Gasteiger partial charge in [0, 0.05) is 7.05 Å². The number of likely N-dealkylation sites (N-methyl/N-ethyl adjacent to an activating group) is 1. The molecule has 1 heterocycles. The number of carbonyl (C=O) groups excluding carboxylic acids is 2. The summed E-state index contributed by atoms with van der Waals surface area (Å²) in [4.78, 5) is 25.6. The highest BCUT2D eigenvalue weighted by molar-refractivity contribution is 6.04. The summed E-state index contributed by atoms with van der Waals surface area (Å²) in [6.07, 6.45) is -0.609. The number of rotatable bonds is 4. The second-order valence-electron chi connectivity index (χ2n) is 5.34. The summed E-state index contributed by atoms with van der Waals surface area (Å²) in [5, 5.41) is 11.7. The molecule has 0 aromatic heterocycles. The Morgan fingerprint density at radius 2 is 2.19 bits per heavy atom. The van der Waals surface area contributed by atoms with Crippen LogP contribution in [0.2, 0.25) is 0 Å². The summed E-state index contributed by atoms with van der Waals surface area (Å²) >= 11 is 0. The van der Waals surface area contributed by atoms with Gasteiger partial charge in [-0.15, -0.1) is 0 Å². The third kappa shape index (κ3) is 3.00. The largest absolute Gasteiger partial charge is 0.478 e. The zero-order valence-corrected chi connectivity index (χ0v) is 12.4. The molecule has 6 nitrogen and oxygen atoms in total. The highest BCUT2D eigenvalue weighted by Crippen LogP contribution is 2.36. The van der Waals surface area contributed by atoms with E-state index in [2.05, 4.69) is 5.32 Å². The van der Waals surface area contributed by atoms with Gasteiger partial charge in [0.2, 0.25) is 5.91 Å². The van der Waals surface area contributed by atoms with E-state index in [-0.39, 0.29) is 30.9 Å². The predicted octanol–water partition coefficient (Wildman–Crippen LogP) is 0.675. The maximum atomic E-state index is 12.5. The SMILES string of the molecule is CNC(=O)CN1C(=O)C(C(C)C)Oc2ccc(CO)cc21. The van der Waals surface area contributed by atoms with Crippen LogP contribution >= 0.6 is 0 Å². The number of aliphatic hydroxyl groups excluding tert-OH is 1. The molecule has 0 aliphatic carbocycles. The second-order valence-corrected chi connectivity index (χ2v) is 5.34. The smallest absolute Gasteiger partial charge is 0.268 e. The number of nitrogens with zero attached hydrogens (tertiary/aromatic N) is 1. The van der Waals surface area contributed by atoms with Crippen molar-refractivity contribution in [2.45, 2.75) is 26.6 Å². The van der Waals surface area contributed by atoms with Crippen LogP contribution in [0.1, 0.15) is 19.4 Å². The van der Waals surface area contributed by atoms with Crippen LogP contribution in [0.5, 0.6) is 5.75 Å². The number of carbonyl (C=O) groups is 2. The van der Waals surface area contributed by atoms with Crippen LogP contribution in [0.4, 0.5) is 5.69 Å². The predicted molar refractivity (Wildman–Crippen MR) is 78.0 cm³/mol. The molecule has 1 aliphatic heterocycles. The number of amides is 2. The van der Waals surface area contributed by atoms with Crippen molar-refractivity contribution in [3.8, 4) is 5.75 Å². The molecule has 0 spiro atoms. The Hall–Kier alpha value is -2.08. The third-order valence-corrected chi connectivity index (χ3v) is 3.45. The molecule has 0 fully saturated rings. The zero-order valence-electron chi connectivity index (χ0n) is 12.4. The molecule has 1 aromatic carbocycles. The lowest BCUT2D eigenvalue weighted by Gasteiger charge is -2.35. The summed E-state index contributed by atoms with van der Waals surface area (Å²) < 4.78 is 5.75. The van der Waals surface area contributed by atoms with Crippen molar-refractivity contribution in [2.24, 2.45) is 5.92 Å². The van der Waals surface area contributed by atoms with E-state index in [0.717, 1.165) is 0 Å². The summed E-state index contributed by atoms with van der Waals surface area (Å²) in [7, 11) is 1.53. The van der Waals surface area contributed by atoms with Crippen LogP contribution in [0.15, 0.2) is 18.2 Å². The van der Waals surface area contributed by atoms with Gasteiger partial charge in [0.15, 0.2) is 6.10 Å². The maximum absolute atomic E-state index is 12.5. The fraction of sp³-hybridized carbons (Fsp3) is 0.467. The van der Waals surface area contributed by atoms with E-state index < -0.39 is 6.10 Å². The molecule has 114 valence electrons. The zero-order chi connectivity index (χ0) is 15.6. The van der Waals surface area contributed by atoms with E-state index in [0.29, 0.717) is 17.0 Å². The van der Waals surface area contributed by atoms with E-state index in [1.54, 1.807) is 18.2 Å². The van der Waals surface area contributed by atoms with Gasteiger partial charge in [-0.3, -0.25) is 14.5 Å². The van der Waals surface area contributed by atoms with E-state index in [9.17, 15) is 14.7 Å². The van der Waals surface area contributed by atoms with Gasteiger partial charge in [0.05, 0.1) is 12.3 Å². The monoisotopic (exact) mass is 292 g/mol. The molecule has 1 aromatic rings. The molecule has 2 N–H and O–H groups in total. The quantitative estimate of drug-likeness (QED) is 0.855. The van der Waals surface area contributed by atoms with E-state index in [1.807, 2.05) is 13.8 Å². The van der Waals surface area contributed by atoms with Crippen LogP contribution in [-0.2, 0) is 16.2 Å². The molecule has 1 unspecified atom stereocenters. The minimum Gasteiger partial charge on any atom is -0.478 e. The van der Waals surface area contributed by atoms with Crippen molar-refractivity contribution in [2.75, 3.05) is 18.5 Å². The molecule has 2 rings (SSSR count). The van der Waals surface area contributed by atoms with Gasteiger partial charge in [-0.25, -0.2) is 0 Å². The molecule has 6 heteroatoms. The summed E-state index contributed by atoms with van der Waals surface area (Å²) in [5.41, 5.74) is 1.18. The highest BCUT2D eigenvalue weighted by atomic mass is 16.5. The Morgan fingerprint density at radius 3 is 2.76 bits per heavy atom. The molecule has 1 atom stereocenters. The number of anilines is 1. The lowest BCUT2D eigenvalue weighted by molar-refractivity contribution is -0.130. The number of hydrogen-bond acceptors (Lipinski definition) is 4. The first-order valence-corrected chi connectivity index (χ1v) is 6.90. The molecular weight excluding hydrogens is 272 g/mol. The van der Waals surface area contributed by atoms with Gasteiger partial charge in [0.1, 0.15) is 12.3 Å². The Kier molecular flexibility index (Phi) is 4.47. The number of benzene rings is 1. The second kappa shape index (κ2) is 6.13. The Labute approximate surface area is 123 Å². The molecule has 0 saturated heterocycles. The Morgan fingerprint density at radius 1 is 1.48 bits per heavy atom. The first kappa shape index (κ1) is 15.3. The minimum atomic E-state index is -0.609. The van der Waals surface area contributed by atoms with Gasteiger partial charge in [-0.2, -0.15) is 0 Å². The van der Waals surface area contributed by atoms with Crippen LogP contribution in [-0.4, -0.2) is 36.6 Å². The molecule has 0 radical (unpaired) electrons. The van der Waals surface area contributed by atoms with E-state index >= 15 is 0 Å². The number of hydrogen-bond donors (Lipinski definition) is 2. The van der Waals surface area contributed by atoms with Crippen molar-refractivity contribution in [1.29, 1.82) is 0 Å². The molecular formula is C15H20N2O4. The highest BCUT2D eigenvalue weighted by Gasteiger charge is 2.37. The summed E-state index contributed by atoms with van der Waals surface area (Å²) in [5.74, 6) is 0.0501. The average molecular weight is 292 g/mol. The first-order valence-electron chi connectivity index (χ1n) is 6.90. The molecule has 0 bridgehead atoms.